The van der Waals surface area contributed by atoms with Crippen molar-refractivity contribution in [2.45, 2.75) is 19.9 Å². The molecule has 0 fully saturated rings. The maximum atomic E-state index is 13.5. The van der Waals surface area contributed by atoms with Crippen LogP contribution in [0.1, 0.15) is 25.5 Å². The molecule has 0 saturated heterocycles. The minimum atomic E-state index is -0.902. The lowest BCUT2D eigenvalue weighted by molar-refractivity contribution is -0.145. The summed E-state index contributed by atoms with van der Waals surface area (Å²) < 4.78 is 31.1. The van der Waals surface area contributed by atoms with Crippen molar-refractivity contribution in [2.24, 2.45) is 0 Å². The van der Waals surface area contributed by atoms with Crippen LogP contribution in [0.2, 0.25) is 0 Å². The van der Waals surface area contributed by atoms with Gasteiger partial charge in [0.2, 0.25) is 0 Å². The topological polar surface area (TPSA) is 38.3 Å². The first-order valence-corrected chi connectivity index (χ1v) is 5.45. The predicted molar refractivity (Wildman–Crippen MR) is 59.4 cm³/mol. The van der Waals surface area contributed by atoms with E-state index < -0.39 is 23.6 Å². The second-order valence-corrected chi connectivity index (χ2v) is 3.41. The third kappa shape index (κ3) is 3.49. The lowest BCUT2D eigenvalue weighted by Gasteiger charge is -2.17. The molecular weight excluding hydrogens is 228 g/mol. The van der Waals surface area contributed by atoms with Gasteiger partial charge >= 0.3 is 5.97 Å². The van der Waals surface area contributed by atoms with E-state index in [9.17, 15) is 13.6 Å². The van der Waals surface area contributed by atoms with Crippen LogP contribution in [-0.2, 0) is 9.53 Å². The summed E-state index contributed by atoms with van der Waals surface area (Å²) in [6, 6.07) is 2.20. The maximum absolute atomic E-state index is 13.5. The molecule has 1 N–H and O–H groups in total. The number of benzene rings is 1. The molecule has 0 aliphatic carbocycles. The van der Waals surface area contributed by atoms with E-state index in [0.29, 0.717) is 6.54 Å². The van der Waals surface area contributed by atoms with E-state index in [0.717, 1.165) is 12.1 Å². The Morgan fingerprint density at radius 2 is 2.12 bits per heavy atom. The zero-order valence-corrected chi connectivity index (χ0v) is 9.80. The van der Waals surface area contributed by atoms with Gasteiger partial charge < -0.3 is 10.1 Å². The first-order valence-electron chi connectivity index (χ1n) is 5.45. The van der Waals surface area contributed by atoms with Gasteiger partial charge in [0.15, 0.2) is 0 Å². The Bertz CT molecular complexity index is 396. The quantitative estimate of drug-likeness (QED) is 0.805. The summed E-state index contributed by atoms with van der Waals surface area (Å²) in [5.41, 5.74) is 0.0895. The highest BCUT2D eigenvalue weighted by Crippen LogP contribution is 2.19. The van der Waals surface area contributed by atoms with Gasteiger partial charge in [-0.15, -0.1) is 0 Å². The van der Waals surface area contributed by atoms with Gasteiger partial charge in [0.05, 0.1) is 6.61 Å². The molecule has 0 spiro atoms. The van der Waals surface area contributed by atoms with Crippen LogP contribution in [0.5, 0.6) is 0 Å². The molecule has 0 amide bonds. The number of hydrogen-bond donors (Lipinski definition) is 1. The fourth-order valence-corrected chi connectivity index (χ4v) is 1.49. The Morgan fingerprint density at radius 3 is 2.65 bits per heavy atom. The van der Waals surface area contributed by atoms with Gasteiger partial charge in [0.1, 0.15) is 17.7 Å². The summed E-state index contributed by atoms with van der Waals surface area (Å²) in [5, 5.41) is 2.81. The first-order chi connectivity index (χ1) is 8.10. The van der Waals surface area contributed by atoms with Crippen LogP contribution >= 0.6 is 0 Å². The van der Waals surface area contributed by atoms with Crippen LogP contribution in [0.4, 0.5) is 8.78 Å². The van der Waals surface area contributed by atoms with Crippen LogP contribution in [0, 0.1) is 11.6 Å². The first kappa shape index (κ1) is 13.6. The maximum Gasteiger partial charge on any atom is 0.327 e. The lowest BCUT2D eigenvalue weighted by atomic mass is 10.1. The predicted octanol–water partition coefficient (Wildman–Crippen LogP) is 2.18. The minimum absolute atomic E-state index is 0.0895. The standard InChI is InChI=1S/C12H15F2NO2/c1-3-15-11(12(16)17-4-2)9-6-5-8(13)7-10(9)14/h5-7,11,15H,3-4H2,1-2H3. The molecule has 94 valence electrons. The van der Waals surface area contributed by atoms with E-state index in [1.54, 1.807) is 13.8 Å². The second kappa shape index (κ2) is 6.30. The molecule has 1 aromatic carbocycles. The molecule has 1 atom stereocenters. The zero-order chi connectivity index (χ0) is 12.8. The number of halogens is 2. The Hall–Kier alpha value is -1.49. The molecule has 1 aromatic rings. The Kier molecular flexibility index (Phi) is 5.03. The van der Waals surface area contributed by atoms with Gasteiger partial charge in [-0.3, -0.25) is 0 Å². The molecule has 1 rings (SSSR count). The number of ether oxygens (including phenoxy) is 1. The lowest BCUT2D eigenvalue weighted by Crippen LogP contribution is -2.30. The van der Waals surface area contributed by atoms with Crippen LogP contribution in [0.3, 0.4) is 0 Å². The van der Waals surface area contributed by atoms with Crippen LogP contribution in [0.15, 0.2) is 18.2 Å². The summed E-state index contributed by atoms with van der Waals surface area (Å²) in [4.78, 5) is 11.6. The highest BCUT2D eigenvalue weighted by molar-refractivity contribution is 5.77. The van der Waals surface area contributed by atoms with Gasteiger partial charge in [-0.25, -0.2) is 13.6 Å². The van der Waals surface area contributed by atoms with Crippen LogP contribution in [-0.4, -0.2) is 19.1 Å². The Balaban J connectivity index is 3.00. The number of rotatable bonds is 5. The highest BCUT2D eigenvalue weighted by Gasteiger charge is 2.24. The summed E-state index contributed by atoms with van der Waals surface area (Å²) in [7, 11) is 0. The summed E-state index contributed by atoms with van der Waals surface area (Å²) in [6.45, 7) is 4.14. The normalized spacial score (nSPS) is 12.2. The number of carbonyl (C=O) groups excluding carboxylic acids is 1. The molecule has 0 bridgehead atoms. The van der Waals surface area contributed by atoms with E-state index in [2.05, 4.69) is 5.32 Å². The third-order valence-corrected chi connectivity index (χ3v) is 2.20. The summed E-state index contributed by atoms with van der Waals surface area (Å²) >= 11 is 0. The van der Waals surface area contributed by atoms with E-state index in [1.807, 2.05) is 0 Å². The van der Waals surface area contributed by atoms with Crippen molar-refractivity contribution >= 4 is 5.97 Å². The van der Waals surface area contributed by atoms with Gasteiger partial charge in [-0.2, -0.15) is 0 Å². The molecular formula is C12H15F2NO2. The molecule has 0 radical (unpaired) electrons. The SMILES string of the molecule is CCNC(C(=O)OCC)c1ccc(F)cc1F. The molecule has 1 unspecified atom stereocenters. The molecule has 0 heterocycles. The van der Waals surface area contributed by atoms with Gasteiger partial charge in [-0.1, -0.05) is 13.0 Å². The van der Waals surface area contributed by atoms with Crippen molar-refractivity contribution < 1.29 is 18.3 Å². The summed E-state index contributed by atoms with van der Waals surface area (Å²) in [5.74, 6) is -2.01. The number of esters is 1. The monoisotopic (exact) mass is 243 g/mol. The second-order valence-electron chi connectivity index (χ2n) is 3.41. The largest absolute Gasteiger partial charge is 0.465 e. The van der Waals surface area contributed by atoms with E-state index in [4.69, 9.17) is 4.74 Å². The van der Waals surface area contributed by atoms with Crippen molar-refractivity contribution in [3.8, 4) is 0 Å². The molecule has 3 nitrogen and oxygen atoms in total. The van der Waals surface area contributed by atoms with Crippen molar-refractivity contribution in [3.63, 3.8) is 0 Å². The third-order valence-electron chi connectivity index (χ3n) is 2.20. The average molecular weight is 243 g/mol. The van der Waals surface area contributed by atoms with Crippen molar-refractivity contribution in [1.29, 1.82) is 0 Å². The van der Waals surface area contributed by atoms with Gasteiger partial charge in [-0.05, 0) is 19.5 Å². The smallest absolute Gasteiger partial charge is 0.327 e. The molecule has 0 aliphatic heterocycles. The summed E-state index contributed by atoms with van der Waals surface area (Å²) in [6.07, 6.45) is 0. The molecule has 5 heteroatoms. The Labute approximate surface area is 98.8 Å². The highest BCUT2D eigenvalue weighted by atomic mass is 19.1. The fourth-order valence-electron chi connectivity index (χ4n) is 1.49. The average Bonchev–Trinajstić information content (AvgIpc) is 2.27. The van der Waals surface area contributed by atoms with E-state index in [1.165, 1.54) is 6.07 Å². The minimum Gasteiger partial charge on any atom is -0.465 e. The number of nitrogens with one attached hydrogen (secondary N) is 1. The van der Waals surface area contributed by atoms with Gasteiger partial charge in [0, 0.05) is 11.6 Å². The van der Waals surface area contributed by atoms with Crippen molar-refractivity contribution in [3.05, 3.63) is 35.4 Å². The van der Waals surface area contributed by atoms with E-state index >= 15 is 0 Å². The molecule has 0 aromatic heterocycles. The van der Waals surface area contributed by atoms with Crippen molar-refractivity contribution in [1.82, 2.24) is 5.32 Å². The Morgan fingerprint density at radius 1 is 1.41 bits per heavy atom. The van der Waals surface area contributed by atoms with Crippen LogP contribution < -0.4 is 5.32 Å². The molecule has 0 aliphatic rings. The number of hydrogen-bond acceptors (Lipinski definition) is 3. The number of likely N-dealkylation sites (N-methyl/N-ethyl adjacent to an activating group) is 1. The zero-order valence-electron chi connectivity index (χ0n) is 9.80. The fraction of sp³-hybridized carbons (Fsp3) is 0.417. The van der Waals surface area contributed by atoms with Crippen molar-refractivity contribution in [2.75, 3.05) is 13.2 Å². The number of carbonyl (C=O) groups is 1. The van der Waals surface area contributed by atoms with Gasteiger partial charge in [0.25, 0.3) is 0 Å². The molecule has 0 saturated carbocycles. The van der Waals surface area contributed by atoms with Crippen LogP contribution in [0.25, 0.3) is 0 Å². The molecule has 17 heavy (non-hydrogen) atoms. The van der Waals surface area contributed by atoms with E-state index in [-0.39, 0.29) is 12.2 Å².